The van der Waals surface area contributed by atoms with Crippen LogP contribution in [0.2, 0.25) is 0 Å². The second-order valence-electron chi connectivity index (χ2n) is 6.72. The highest BCUT2D eigenvalue weighted by Gasteiger charge is 2.41. The zero-order valence-electron chi connectivity index (χ0n) is 13.5. The number of ether oxygens (including phenoxy) is 1. The van der Waals surface area contributed by atoms with E-state index in [2.05, 4.69) is 18.5 Å². The Hall–Kier alpha value is -1.03. The summed E-state index contributed by atoms with van der Waals surface area (Å²) in [4.78, 5) is 0. The molecule has 4 nitrogen and oxygen atoms in total. The van der Waals surface area contributed by atoms with Gasteiger partial charge >= 0.3 is 0 Å². The van der Waals surface area contributed by atoms with E-state index in [0.717, 1.165) is 30.8 Å². The van der Waals surface area contributed by atoms with Crippen molar-refractivity contribution in [3.63, 3.8) is 0 Å². The quantitative estimate of drug-likeness (QED) is 0.924. The van der Waals surface area contributed by atoms with Crippen molar-refractivity contribution >= 4 is 5.69 Å². The Balaban J connectivity index is 1.70. The predicted octanol–water partition coefficient (Wildman–Crippen LogP) is 3.47. The molecule has 2 fully saturated rings. The highest BCUT2D eigenvalue weighted by atomic mass is 16.5. The average Bonchev–Trinajstić information content (AvgIpc) is 3.01. The highest BCUT2D eigenvalue weighted by molar-refractivity contribution is 5.48. The van der Waals surface area contributed by atoms with Crippen LogP contribution >= 0.6 is 0 Å². The van der Waals surface area contributed by atoms with Gasteiger partial charge in [0.15, 0.2) is 0 Å². The van der Waals surface area contributed by atoms with Gasteiger partial charge in [-0.05, 0) is 38.5 Å². The molecule has 0 radical (unpaired) electrons. The van der Waals surface area contributed by atoms with Gasteiger partial charge in [0, 0.05) is 0 Å². The van der Waals surface area contributed by atoms with Crippen LogP contribution in [0.5, 0.6) is 0 Å². The summed E-state index contributed by atoms with van der Waals surface area (Å²) < 4.78 is 8.59. The normalized spacial score (nSPS) is 24.8. The van der Waals surface area contributed by atoms with Crippen molar-refractivity contribution in [2.24, 2.45) is 0 Å². The molecule has 1 saturated carbocycles. The molecule has 0 aromatic carbocycles. The second kappa shape index (κ2) is 5.99. The molecule has 2 aliphatic rings. The first-order valence-electron chi connectivity index (χ1n) is 8.69. The Bertz CT molecular complexity index is 488. The molecular formula is C17H29N3O. The lowest BCUT2D eigenvalue weighted by atomic mass is 9.83. The van der Waals surface area contributed by atoms with Gasteiger partial charge in [-0.3, -0.25) is 4.68 Å². The summed E-state index contributed by atoms with van der Waals surface area (Å²) in [5, 5.41) is 4.71. The predicted molar refractivity (Wildman–Crippen MR) is 85.3 cm³/mol. The lowest BCUT2D eigenvalue weighted by Gasteiger charge is -2.33. The van der Waals surface area contributed by atoms with Crippen LogP contribution in [0.4, 0.5) is 5.69 Å². The third-order valence-corrected chi connectivity index (χ3v) is 5.32. The molecular weight excluding hydrogens is 262 g/mol. The molecule has 0 bridgehead atoms. The molecule has 1 aliphatic heterocycles. The number of hydrogen-bond acceptors (Lipinski definition) is 3. The zero-order valence-corrected chi connectivity index (χ0v) is 13.5. The van der Waals surface area contributed by atoms with Crippen molar-refractivity contribution in [2.45, 2.75) is 89.9 Å². The van der Waals surface area contributed by atoms with Crippen molar-refractivity contribution in [1.82, 2.24) is 9.78 Å². The Morgan fingerprint density at radius 2 is 1.95 bits per heavy atom. The Labute approximate surface area is 128 Å². The van der Waals surface area contributed by atoms with E-state index < -0.39 is 0 Å². The first kappa shape index (κ1) is 14.9. The van der Waals surface area contributed by atoms with E-state index in [9.17, 15) is 0 Å². The second-order valence-corrected chi connectivity index (χ2v) is 6.72. The van der Waals surface area contributed by atoms with Gasteiger partial charge in [0.2, 0.25) is 0 Å². The molecule has 4 heteroatoms. The maximum Gasteiger partial charge on any atom is 0.0854 e. The van der Waals surface area contributed by atoms with Gasteiger partial charge in [-0.2, -0.15) is 5.10 Å². The summed E-state index contributed by atoms with van der Waals surface area (Å²) in [6.45, 7) is 5.14. The van der Waals surface area contributed by atoms with E-state index in [1.54, 1.807) is 0 Å². The van der Waals surface area contributed by atoms with Crippen molar-refractivity contribution in [1.29, 1.82) is 0 Å². The van der Waals surface area contributed by atoms with Crippen LogP contribution in [0.25, 0.3) is 0 Å². The number of aromatic nitrogens is 2. The molecule has 3 rings (SSSR count). The third kappa shape index (κ3) is 2.83. The lowest BCUT2D eigenvalue weighted by molar-refractivity contribution is -0.0690. The van der Waals surface area contributed by atoms with E-state index >= 15 is 0 Å². The van der Waals surface area contributed by atoms with Gasteiger partial charge in [0.1, 0.15) is 0 Å². The van der Waals surface area contributed by atoms with E-state index in [0.29, 0.717) is 6.10 Å². The van der Waals surface area contributed by atoms with Crippen LogP contribution < -0.4 is 5.73 Å². The van der Waals surface area contributed by atoms with Crippen molar-refractivity contribution in [3.8, 4) is 0 Å². The minimum Gasteiger partial charge on any atom is -0.396 e. The Kier molecular flexibility index (Phi) is 4.25. The van der Waals surface area contributed by atoms with E-state index in [1.165, 1.54) is 50.6 Å². The average molecular weight is 291 g/mol. The first-order chi connectivity index (χ1) is 10.2. The lowest BCUT2D eigenvalue weighted by Crippen LogP contribution is -2.32. The minimum absolute atomic E-state index is 0.196. The van der Waals surface area contributed by atoms with Gasteiger partial charge in [0.05, 0.1) is 35.3 Å². The minimum atomic E-state index is 0.196. The van der Waals surface area contributed by atoms with E-state index in [-0.39, 0.29) is 5.60 Å². The standard InChI is InChI=1S/C17H29N3O/c1-3-14-16(18)15(4-2)20(19-14)12-13-8-11-17(21-13)9-6-5-7-10-17/h13H,3-12,18H2,1-2H3. The maximum absolute atomic E-state index is 6.47. The molecule has 21 heavy (non-hydrogen) atoms. The van der Waals surface area contributed by atoms with Gasteiger partial charge in [0.25, 0.3) is 0 Å². The fourth-order valence-electron chi connectivity index (χ4n) is 4.13. The largest absolute Gasteiger partial charge is 0.396 e. The summed E-state index contributed by atoms with van der Waals surface area (Å²) >= 11 is 0. The Morgan fingerprint density at radius 3 is 2.62 bits per heavy atom. The molecule has 2 N–H and O–H groups in total. The van der Waals surface area contributed by atoms with E-state index in [4.69, 9.17) is 15.6 Å². The number of anilines is 1. The van der Waals surface area contributed by atoms with Crippen LogP contribution in [0.3, 0.4) is 0 Å². The fourth-order valence-corrected chi connectivity index (χ4v) is 4.13. The molecule has 1 unspecified atom stereocenters. The monoisotopic (exact) mass is 291 g/mol. The number of aryl methyl sites for hydroxylation is 1. The summed E-state index contributed by atoms with van der Waals surface area (Å²) in [6.07, 6.45) is 11.1. The van der Waals surface area contributed by atoms with Gasteiger partial charge < -0.3 is 10.5 Å². The van der Waals surface area contributed by atoms with Crippen LogP contribution in [0, 0.1) is 0 Å². The van der Waals surface area contributed by atoms with Crippen molar-refractivity contribution in [2.75, 3.05) is 5.73 Å². The molecule has 1 spiro atoms. The SMILES string of the molecule is CCc1nn(CC2CCC3(CCCCC3)O2)c(CC)c1N. The molecule has 118 valence electrons. The van der Waals surface area contributed by atoms with Gasteiger partial charge in [-0.1, -0.05) is 33.1 Å². The fraction of sp³-hybridized carbons (Fsp3) is 0.824. The Morgan fingerprint density at radius 1 is 1.19 bits per heavy atom. The zero-order chi connectivity index (χ0) is 14.9. The van der Waals surface area contributed by atoms with Gasteiger partial charge in [-0.25, -0.2) is 0 Å². The highest BCUT2D eigenvalue weighted by Crippen LogP contribution is 2.42. The van der Waals surface area contributed by atoms with E-state index in [1.807, 2.05) is 0 Å². The molecule has 0 amide bonds. The summed E-state index contributed by atoms with van der Waals surface area (Å²) in [6, 6.07) is 0. The smallest absolute Gasteiger partial charge is 0.0854 e. The molecule has 2 heterocycles. The number of nitrogens with zero attached hydrogens (tertiary/aromatic N) is 2. The van der Waals surface area contributed by atoms with Gasteiger partial charge in [-0.15, -0.1) is 0 Å². The van der Waals surface area contributed by atoms with Crippen LogP contribution in [-0.4, -0.2) is 21.5 Å². The van der Waals surface area contributed by atoms with Crippen LogP contribution in [-0.2, 0) is 24.1 Å². The molecule has 1 saturated heterocycles. The summed E-state index contributed by atoms with van der Waals surface area (Å²) in [7, 11) is 0. The molecule has 1 aromatic rings. The summed E-state index contributed by atoms with van der Waals surface area (Å²) in [5.74, 6) is 0. The number of nitrogen functional groups attached to an aromatic ring is 1. The number of rotatable bonds is 4. The van der Waals surface area contributed by atoms with Crippen molar-refractivity contribution < 1.29 is 4.74 Å². The molecule has 1 aliphatic carbocycles. The maximum atomic E-state index is 6.47. The van der Waals surface area contributed by atoms with Crippen LogP contribution in [0.15, 0.2) is 0 Å². The first-order valence-corrected chi connectivity index (χ1v) is 8.69. The topological polar surface area (TPSA) is 53.1 Å². The molecule has 1 aromatic heterocycles. The number of nitrogens with two attached hydrogens (primary N) is 1. The number of hydrogen-bond donors (Lipinski definition) is 1. The van der Waals surface area contributed by atoms with Crippen molar-refractivity contribution in [3.05, 3.63) is 11.4 Å². The summed E-state index contributed by atoms with van der Waals surface area (Å²) in [5.41, 5.74) is 9.52. The van der Waals surface area contributed by atoms with Crippen LogP contribution in [0.1, 0.15) is 70.2 Å². The molecule has 1 atom stereocenters. The third-order valence-electron chi connectivity index (χ3n) is 5.32.